The van der Waals surface area contributed by atoms with Gasteiger partial charge in [0.25, 0.3) is 0 Å². The Hall–Kier alpha value is -0.610. The van der Waals surface area contributed by atoms with E-state index in [1.807, 2.05) is 12.1 Å². The van der Waals surface area contributed by atoms with Crippen molar-refractivity contribution in [3.05, 3.63) is 22.9 Å². The Morgan fingerprint density at radius 1 is 1.43 bits per heavy atom. The molecule has 14 heavy (non-hydrogen) atoms. The lowest BCUT2D eigenvalue weighted by Crippen LogP contribution is -2.39. The van der Waals surface area contributed by atoms with Crippen LogP contribution in [0.25, 0.3) is 0 Å². The highest BCUT2D eigenvalue weighted by molar-refractivity contribution is 9.10. The van der Waals surface area contributed by atoms with Crippen LogP contribution in [-0.4, -0.2) is 36.1 Å². The monoisotopic (exact) mass is 256 g/mol. The van der Waals surface area contributed by atoms with E-state index >= 15 is 0 Å². The molecule has 76 valence electrons. The Balaban J connectivity index is 1.71. The van der Waals surface area contributed by atoms with E-state index in [9.17, 15) is 0 Å². The minimum absolute atomic E-state index is 0.753. The van der Waals surface area contributed by atoms with Crippen molar-refractivity contribution in [3.63, 3.8) is 0 Å². The molecule has 1 fully saturated rings. The molecule has 1 aromatic heterocycles. The van der Waals surface area contributed by atoms with Gasteiger partial charge in [0, 0.05) is 6.54 Å². The van der Waals surface area contributed by atoms with Crippen LogP contribution in [0.4, 0.5) is 0 Å². The Labute approximate surface area is 92.2 Å². The van der Waals surface area contributed by atoms with Crippen LogP contribution in [0.2, 0.25) is 0 Å². The predicted molar refractivity (Wildman–Crippen MR) is 58.5 cm³/mol. The zero-order valence-corrected chi connectivity index (χ0v) is 9.53. The fraction of sp³-hybridized carbons (Fsp3) is 0.500. The van der Waals surface area contributed by atoms with Gasteiger partial charge in [-0.05, 0) is 47.6 Å². The summed E-state index contributed by atoms with van der Waals surface area (Å²) >= 11 is 3.28. The Kier molecular flexibility index (Phi) is 3.37. The van der Waals surface area contributed by atoms with Crippen molar-refractivity contribution in [2.75, 3.05) is 26.2 Å². The molecule has 4 heteroatoms. The Bertz CT molecular complexity index is 285. The molecule has 0 N–H and O–H groups in total. The number of rotatable bonds is 4. The summed E-state index contributed by atoms with van der Waals surface area (Å²) in [6, 6.07) is 3.81. The molecule has 1 saturated heterocycles. The highest BCUT2D eigenvalue weighted by atomic mass is 79.9. The SMILES string of the molecule is Brc1ccc(OCCN2CCC2)cn1. The third kappa shape index (κ3) is 2.69. The van der Waals surface area contributed by atoms with Gasteiger partial charge in [-0.15, -0.1) is 0 Å². The van der Waals surface area contributed by atoms with Crippen LogP contribution in [0.3, 0.4) is 0 Å². The number of pyridine rings is 1. The first-order valence-electron chi connectivity index (χ1n) is 4.81. The lowest BCUT2D eigenvalue weighted by Gasteiger charge is -2.30. The molecule has 0 aliphatic carbocycles. The van der Waals surface area contributed by atoms with Crippen molar-refractivity contribution < 1.29 is 4.74 Å². The van der Waals surface area contributed by atoms with Gasteiger partial charge < -0.3 is 4.74 Å². The maximum absolute atomic E-state index is 5.54. The zero-order chi connectivity index (χ0) is 9.80. The molecule has 2 heterocycles. The van der Waals surface area contributed by atoms with E-state index in [4.69, 9.17) is 4.74 Å². The summed E-state index contributed by atoms with van der Waals surface area (Å²) in [5, 5.41) is 0. The molecule has 0 radical (unpaired) electrons. The van der Waals surface area contributed by atoms with Gasteiger partial charge in [0.2, 0.25) is 0 Å². The highest BCUT2D eigenvalue weighted by Gasteiger charge is 2.12. The van der Waals surface area contributed by atoms with E-state index in [0.717, 1.165) is 23.5 Å². The number of halogens is 1. The van der Waals surface area contributed by atoms with Crippen molar-refractivity contribution in [1.82, 2.24) is 9.88 Å². The molecule has 0 saturated carbocycles. The van der Waals surface area contributed by atoms with E-state index in [2.05, 4.69) is 25.8 Å². The maximum atomic E-state index is 5.54. The van der Waals surface area contributed by atoms with Crippen molar-refractivity contribution in [2.45, 2.75) is 6.42 Å². The zero-order valence-electron chi connectivity index (χ0n) is 7.95. The van der Waals surface area contributed by atoms with Crippen LogP contribution < -0.4 is 4.74 Å². The summed E-state index contributed by atoms with van der Waals surface area (Å²) in [6.07, 6.45) is 3.07. The van der Waals surface area contributed by atoms with Gasteiger partial charge in [0.15, 0.2) is 0 Å². The molecular weight excluding hydrogens is 244 g/mol. The molecule has 0 aromatic carbocycles. The van der Waals surface area contributed by atoms with Crippen LogP contribution in [0.15, 0.2) is 22.9 Å². The molecule has 2 rings (SSSR count). The first-order chi connectivity index (χ1) is 6.84. The van der Waals surface area contributed by atoms with E-state index in [1.165, 1.54) is 19.5 Å². The van der Waals surface area contributed by atoms with Crippen molar-refractivity contribution in [2.24, 2.45) is 0 Å². The minimum Gasteiger partial charge on any atom is -0.491 e. The Morgan fingerprint density at radius 2 is 2.29 bits per heavy atom. The predicted octanol–water partition coefficient (Wildman–Crippen LogP) is 1.93. The standard InChI is InChI=1S/C10H13BrN2O/c11-10-3-2-9(8-12-10)14-7-6-13-4-1-5-13/h2-3,8H,1,4-7H2. The van der Waals surface area contributed by atoms with Crippen LogP contribution in [0, 0.1) is 0 Å². The van der Waals surface area contributed by atoms with Crippen LogP contribution >= 0.6 is 15.9 Å². The van der Waals surface area contributed by atoms with Gasteiger partial charge in [-0.2, -0.15) is 0 Å². The lowest BCUT2D eigenvalue weighted by atomic mass is 10.2. The molecule has 0 amide bonds. The molecule has 0 atom stereocenters. The summed E-state index contributed by atoms with van der Waals surface area (Å²) < 4.78 is 6.38. The van der Waals surface area contributed by atoms with Crippen molar-refractivity contribution in [3.8, 4) is 5.75 Å². The van der Waals surface area contributed by atoms with Gasteiger partial charge in [-0.1, -0.05) is 0 Å². The molecule has 3 nitrogen and oxygen atoms in total. The largest absolute Gasteiger partial charge is 0.491 e. The summed E-state index contributed by atoms with van der Waals surface area (Å²) in [5.41, 5.74) is 0. The first-order valence-corrected chi connectivity index (χ1v) is 5.60. The fourth-order valence-electron chi connectivity index (χ4n) is 1.35. The molecule has 0 spiro atoms. The number of ether oxygens (including phenoxy) is 1. The van der Waals surface area contributed by atoms with E-state index in [-0.39, 0.29) is 0 Å². The fourth-order valence-corrected chi connectivity index (χ4v) is 1.58. The smallest absolute Gasteiger partial charge is 0.137 e. The van der Waals surface area contributed by atoms with E-state index in [1.54, 1.807) is 6.20 Å². The number of hydrogen-bond donors (Lipinski definition) is 0. The average Bonchev–Trinajstić information content (AvgIpc) is 2.12. The second kappa shape index (κ2) is 4.75. The van der Waals surface area contributed by atoms with Crippen LogP contribution in [0.1, 0.15) is 6.42 Å². The number of hydrogen-bond acceptors (Lipinski definition) is 3. The van der Waals surface area contributed by atoms with Gasteiger partial charge in [0.05, 0.1) is 6.20 Å². The minimum atomic E-state index is 0.753. The summed E-state index contributed by atoms with van der Waals surface area (Å²) in [5.74, 6) is 0.841. The molecule has 0 unspecified atom stereocenters. The normalized spacial score (nSPS) is 16.4. The summed E-state index contributed by atoms with van der Waals surface area (Å²) in [4.78, 5) is 6.47. The second-order valence-electron chi connectivity index (χ2n) is 3.36. The first kappa shape index (κ1) is 9.93. The number of aromatic nitrogens is 1. The third-order valence-corrected chi connectivity index (χ3v) is 2.79. The molecule has 1 aliphatic heterocycles. The molecule has 1 aliphatic rings. The summed E-state index contributed by atoms with van der Waals surface area (Å²) in [6.45, 7) is 4.23. The lowest BCUT2D eigenvalue weighted by molar-refractivity contribution is 0.147. The molecular formula is C10H13BrN2O. The number of nitrogens with zero attached hydrogens (tertiary/aromatic N) is 2. The maximum Gasteiger partial charge on any atom is 0.137 e. The van der Waals surface area contributed by atoms with Crippen LogP contribution in [0.5, 0.6) is 5.75 Å². The number of likely N-dealkylation sites (tertiary alicyclic amines) is 1. The van der Waals surface area contributed by atoms with Gasteiger partial charge in [-0.25, -0.2) is 4.98 Å². The molecule has 0 bridgehead atoms. The van der Waals surface area contributed by atoms with E-state index < -0.39 is 0 Å². The average molecular weight is 257 g/mol. The topological polar surface area (TPSA) is 25.4 Å². The highest BCUT2D eigenvalue weighted by Crippen LogP contribution is 2.13. The van der Waals surface area contributed by atoms with Crippen molar-refractivity contribution >= 4 is 15.9 Å². The van der Waals surface area contributed by atoms with Crippen molar-refractivity contribution in [1.29, 1.82) is 0 Å². The van der Waals surface area contributed by atoms with E-state index in [0.29, 0.717) is 0 Å². The van der Waals surface area contributed by atoms with Gasteiger partial charge in [-0.3, -0.25) is 4.90 Å². The second-order valence-corrected chi connectivity index (χ2v) is 4.17. The van der Waals surface area contributed by atoms with Gasteiger partial charge >= 0.3 is 0 Å². The summed E-state index contributed by atoms with van der Waals surface area (Å²) in [7, 11) is 0. The molecule has 1 aromatic rings. The van der Waals surface area contributed by atoms with Gasteiger partial charge in [0.1, 0.15) is 17.0 Å². The quantitative estimate of drug-likeness (QED) is 0.770. The van der Waals surface area contributed by atoms with Crippen LogP contribution in [-0.2, 0) is 0 Å². The Morgan fingerprint density at radius 3 is 2.86 bits per heavy atom. The third-order valence-electron chi connectivity index (χ3n) is 2.33.